The van der Waals surface area contributed by atoms with Crippen LogP contribution in [0.1, 0.15) is 91.6 Å². The molecule has 1 amide bonds. The van der Waals surface area contributed by atoms with Gasteiger partial charge in [0.2, 0.25) is 5.91 Å². The Kier molecular flexibility index (Phi) is 17.0. The van der Waals surface area contributed by atoms with Gasteiger partial charge >= 0.3 is 12.9 Å². The number of unbranched alkanes of at least 4 members (excludes halogenated alkanes) is 2. The largest absolute Gasteiger partial charge is 0.737 e. The van der Waals surface area contributed by atoms with E-state index < -0.39 is 46.5 Å². The lowest BCUT2D eigenvalue weighted by atomic mass is 9.88. The van der Waals surface area contributed by atoms with Crippen molar-refractivity contribution in [2.45, 2.75) is 77.2 Å². The van der Waals surface area contributed by atoms with Gasteiger partial charge in [-0.15, -0.1) is 11.3 Å². The quantitative estimate of drug-likeness (QED) is 0.0334. The number of quaternary nitrogens is 1. The fourth-order valence-electron chi connectivity index (χ4n) is 7.86. The van der Waals surface area contributed by atoms with Crippen molar-refractivity contribution in [1.29, 1.82) is 0 Å². The summed E-state index contributed by atoms with van der Waals surface area (Å²) < 4.78 is 75.6. The molecule has 0 fully saturated rings. The number of ether oxygens (including phenoxy) is 1. The minimum atomic E-state index is -4.55. The Morgan fingerprint density at radius 3 is 2.38 bits per heavy atom. The second-order valence-corrected chi connectivity index (χ2v) is 19.9. The van der Waals surface area contributed by atoms with E-state index in [1.54, 1.807) is 42.5 Å². The number of hydrogen-bond acceptors (Lipinski definition) is 8. The summed E-state index contributed by atoms with van der Waals surface area (Å²) >= 11 is 1.45. The summed E-state index contributed by atoms with van der Waals surface area (Å²) in [5, 5.41) is 13.1. The van der Waals surface area contributed by atoms with E-state index in [4.69, 9.17) is 9.84 Å². The lowest BCUT2D eigenvalue weighted by Crippen LogP contribution is -2.51. The highest BCUT2D eigenvalue weighted by atomic mass is 32.2. The number of thiophene rings is 1. The predicted molar refractivity (Wildman–Crippen MR) is 246 cm³/mol. The fraction of sp³-hybridized carbons (Fsp3) is 0.467. The molecule has 13 nitrogen and oxygen atoms in total. The highest BCUT2D eigenvalue weighted by molar-refractivity contribution is 7.85. The van der Waals surface area contributed by atoms with Crippen LogP contribution in [-0.4, -0.2) is 133 Å². The van der Waals surface area contributed by atoms with Crippen LogP contribution in [0, 0.1) is 6.92 Å². The van der Waals surface area contributed by atoms with Gasteiger partial charge < -0.3 is 42.1 Å². The first-order valence-corrected chi connectivity index (χ1v) is 24.0. The van der Waals surface area contributed by atoms with Crippen LogP contribution >= 0.6 is 11.3 Å². The summed E-state index contributed by atoms with van der Waals surface area (Å²) in [6.45, 7) is -0.0433. The van der Waals surface area contributed by atoms with Gasteiger partial charge in [-0.05, 0) is 106 Å². The molecule has 0 saturated carbocycles. The number of aryl methyl sites for hydroxylation is 1. The first kappa shape index (κ1) is 49.3. The van der Waals surface area contributed by atoms with Gasteiger partial charge in [-0.2, -0.15) is 8.42 Å². The summed E-state index contributed by atoms with van der Waals surface area (Å²) in [5.41, 5.74) is 4.41. The molecular weight excluding hydrogens is 851 g/mol. The van der Waals surface area contributed by atoms with Crippen molar-refractivity contribution in [2.24, 2.45) is 0 Å². The van der Waals surface area contributed by atoms with Crippen molar-refractivity contribution in [3.8, 4) is 5.75 Å². The van der Waals surface area contributed by atoms with E-state index in [1.807, 2.05) is 48.5 Å². The van der Waals surface area contributed by atoms with Crippen LogP contribution in [0.5, 0.6) is 5.75 Å². The van der Waals surface area contributed by atoms with Crippen LogP contribution in [0.4, 0.5) is 8.63 Å². The highest BCUT2D eigenvalue weighted by Gasteiger charge is 2.54. The van der Waals surface area contributed by atoms with Crippen LogP contribution in [0.3, 0.4) is 0 Å². The van der Waals surface area contributed by atoms with Gasteiger partial charge in [0.25, 0.3) is 10.1 Å². The smallest absolute Gasteiger partial charge is 0.494 e. The minimum absolute atomic E-state index is 0.00137. The van der Waals surface area contributed by atoms with E-state index in [9.17, 15) is 27.4 Å². The number of rotatable bonds is 26. The van der Waals surface area contributed by atoms with Gasteiger partial charge in [0.1, 0.15) is 17.5 Å². The van der Waals surface area contributed by atoms with Crippen LogP contribution in [0.15, 0.2) is 65.2 Å². The fourth-order valence-corrected chi connectivity index (χ4v) is 9.29. The summed E-state index contributed by atoms with van der Waals surface area (Å²) in [5.74, 6) is -2.29. The predicted octanol–water partition coefficient (Wildman–Crippen LogP) is 6.99. The molecular formula is C45H61BF2N5O8S2+. The second-order valence-electron chi connectivity index (χ2n) is 17.4. The molecule has 5 rings (SSSR count). The molecule has 2 aromatic heterocycles. The zero-order valence-corrected chi connectivity index (χ0v) is 38.5. The zero-order valence-electron chi connectivity index (χ0n) is 36.9. The number of allylic oxidation sites excluding steroid dienone is 2. The number of carbonyl (C=O) groups is 3. The number of benzene rings is 1. The van der Waals surface area contributed by atoms with Gasteiger partial charge in [0.15, 0.2) is 17.2 Å². The molecule has 63 heavy (non-hydrogen) atoms. The molecule has 18 heteroatoms. The van der Waals surface area contributed by atoms with Gasteiger partial charge in [0, 0.05) is 54.8 Å². The maximum atomic E-state index is 16.9. The second kappa shape index (κ2) is 21.8. The van der Waals surface area contributed by atoms with Crippen molar-refractivity contribution < 1.29 is 54.8 Å². The molecule has 3 N–H and O–H groups in total. The standard InChI is InChI=1S/C45H60BF2N5O8S2/c1-33-29-36(51-39(33)31-40-35(13-10-26-53(3,4)5)30-41(43-15-12-28-62-43)52(40)46(51,47)48)21-18-34-19-22-37(23-20-34)61-27-11-16-44(55)49-38(32-63(58,59)60)42(54)14-9-25-50(2)24-8-6-7-17-45(56)57/h12,15,18-23,28-31,38H,6-11,13-14,16-17,24-27,32H2,1-5H3,(H2-,49,55,56,57,58,59,60)/p+1/b21-18+/t38-/m0/s1. The number of ketones is 1. The number of amides is 1. The lowest BCUT2D eigenvalue weighted by molar-refractivity contribution is -0.870. The third kappa shape index (κ3) is 14.4. The number of aliphatic carboxylic acids is 1. The first-order valence-electron chi connectivity index (χ1n) is 21.5. The highest BCUT2D eigenvalue weighted by Crippen LogP contribution is 2.40. The van der Waals surface area contributed by atoms with Crippen LogP contribution in [0.25, 0.3) is 18.2 Å². The van der Waals surface area contributed by atoms with Gasteiger partial charge in [0.05, 0.1) is 39.2 Å². The molecule has 2 aliphatic heterocycles. The molecule has 3 aromatic rings. The van der Waals surface area contributed by atoms with E-state index in [0.717, 1.165) is 56.3 Å². The normalized spacial score (nSPS) is 15.3. The van der Waals surface area contributed by atoms with E-state index in [-0.39, 0.29) is 32.3 Å². The van der Waals surface area contributed by atoms with E-state index in [2.05, 4.69) is 26.5 Å². The van der Waals surface area contributed by atoms with Crippen molar-refractivity contribution in [3.05, 3.63) is 92.6 Å². The maximum Gasteiger partial charge on any atom is 0.737 e. The topological polar surface area (TPSA) is 158 Å². The Balaban J connectivity index is 1.14. The summed E-state index contributed by atoms with van der Waals surface area (Å²) in [4.78, 5) is 39.0. The maximum absolute atomic E-state index is 16.9. The summed E-state index contributed by atoms with van der Waals surface area (Å²) in [6, 6.07) is 11.2. The van der Waals surface area contributed by atoms with Gasteiger partial charge in [-0.3, -0.25) is 18.9 Å². The Morgan fingerprint density at radius 2 is 1.71 bits per heavy atom. The number of aromatic nitrogens is 1. The van der Waals surface area contributed by atoms with Gasteiger partial charge in [-0.1, -0.05) is 30.7 Å². The molecule has 2 aliphatic rings. The number of hydrogen-bond donors (Lipinski definition) is 3. The van der Waals surface area contributed by atoms with Crippen LogP contribution in [0.2, 0.25) is 0 Å². The van der Waals surface area contributed by atoms with Gasteiger partial charge in [-0.25, -0.2) is 0 Å². The average Bonchev–Trinajstić information content (AvgIpc) is 3.93. The lowest BCUT2D eigenvalue weighted by Gasteiger charge is -2.31. The Morgan fingerprint density at radius 1 is 0.984 bits per heavy atom. The minimum Gasteiger partial charge on any atom is -0.494 e. The molecule has 4 heterocycles. The number of nitrogens with zero attached hydrogens (tertiary/aromatic N) is 4. The van der Waals surface area contributed by atoms with Crippen LogP contribution in [-0.2, 0) is 24.5 Å². The molecule has 342 valence electrons. The third-order valence-electron chi connectivity index (χ3n) is 11.0. The molecule has 0 bridgehead atoms. The molecule has 0 radical (unpaired) electrons. The Labute approximate surface area is 373 Å². The third-order valence-corrected chi connectivity index (χ3v) is 12.7. The Bertz CT molecular complexity index is 2330. The SMILES string of the molecule is Cc1cc(/C=C/c2ccc(OCCCC(=O)N[C@@H](CS(=O)(=O)O)C(=O)CCCN(C)CCCCCC(=O)O)cc2)n2c1C=C1C(CCC[N+](C)(C)C)=CC(c3cccs3)=[N+]1[B-]2(F)F. The molecule has 1 atom stereocenters. The number of carboxylic acids is 1. The van der Waals surface area contributed by atoms with E-state index in [1.165, 1.54) is 15.8 Å². The monoisotopic (exact) mass is 912 g/mol. The molecule has 0 unspecified atom stereocenters. The number of Topliss-reactive ketones (excluding diaryl/α,β-unsaturated/α-hetero) is 1. The van der Waals surface area contributed by atoms with Crippen molar-refractivity contribution in [1.82, 2.24) is 14.7 Å². The van der Waals surface area contributed by atoms with Crippen molar-refractivity contribution in [2.75, 3.05) is 60.2 Å². The first-order chi connectivity index (χ1) is 29.7. The summed E-state index contributed by atoms with van der Waals surface area (Å²) in [6.07, 6.45) is 11.8. The van der Waals surface area contributed by atoms with E-state index in [0.29, 0.717) is 60.9 Å². The zero-order chi connectivity index (χ0) is 46.0. The number of carbonyl (C=O) groups excluding carboxylic acids is 2. The number of nitrogens with one attached hydrogen (secondary N) is 1. The summed E-state index contributed by atoms with van der Waals surface area (Å²) in [7, 11) is 3.71. The average molecular weight is 913 g/mol. The molecule has 0 aliphatic carbocycles. The van der Waals surface area contributed by atoms with Crippen molar-refractivity contribution in [3.63, 3.8) is 0 Å². The molecule has 1 aromatic carbocycles. The van der Waals surface area contributed by atoms with Crippen LogP contribution < -0.4 is 10.1 Å². The number of fused-ring (bicyclic) bond motifs is 2. The number of carboxylic acid groups (broad SMARTS) is 1. The number of halogens is 2. The van der Waals surface area contributed by atoms with E-state index >= 15 is 8.63 Å². The molecule has 0 saturated heterocycles. The molecule has 0 spiro atoms. The van der Waals surface area contributed by atoms with Crippen molar-refractivity contribution >= 4 is 70.0 Å². The Hall–Kier alpha value is -4.75.